The third-order valence-electron chi connectivity index (χ3n) is 7.24. The van der Waals surface area contributed by atoms with E-state index in [-0.39, 0.29) is 11.6 Å². The van der Waals surface area contributed by atoms with Crippen LogP contribution >= 0.6 is 0 Å². The molecule has 4 fully saturated rings. The van der Waals surface area contributed by atoms with Crippen LogP contribution in [-0.4, -0.2) is 36.3 Å². The number of fused-ring (bicyclic) bond motifs is 1. The van der Waals surface area contributed by atoms with Crippen LogP contribution in [0.3, 0.4) is 0 Å². The average Bonchev–Trinajstić information content (AvgIpc) is 3.10. The number of aliphatic hydroxyl groups excluding tert-OH is 1. The molecular weight excluding hydrogens is 350 g/mol. The topological polar surface area (TPSA) is 75.3 Å². The van der Waals surface area contributed by atoms with Gasteiger partial charge in [-0.1, -0.05) is 0 Å². The van der Waals surface area contributed by atoms with Crippen LogP contribution in [0.4, 0.5) is 5.82 Å². The van der Waals surface area contributed by atoms with E-state index in [0.717, 1.165) is 47.0 Å². The second-order valence-electron chi connectivity index (χ2n) is 9.19. The summed E-state index contributed by atoms with van der Waals surface area (Å²) < 4.78 is 1.95. The van der Waals surface area contributed by atoms with Gasteiger partial charge < -0.3 is 10.4 Å². The van der Waals surface area contributed by atoms with E-state index < -0.39 is 0 Å². The molecule has 0 amide bonds. The smallest absolute Gasteiger partial charge is 0.157 e. The molecule has 2 N–H and O–H groups in total. The number of imidazole rings is 1. The number of nitrogens with zero attached hydrogens (tertiary/aromatic N) is 4. The summed E-state index contributed by atoms with van der Waals surface area (Å²) in [6, 6.07) is 6.09. The fraction of sp³-hybridized carbons (Fsp3) is 0.500. The molecule has 0 aliphatic heterocycles. The highest BCUT2D eigenvalue weighted by Gasteiger charge is 2.55. The van der Waals surface area contributed by atoms with Gasteiger partial charge in [-0.3, -0.25) is 4.98 Å². The Bertz CT molecular complexity index is 1030. The van der Waals surface area contributed by atoms with Crippen molar-refractivity contribution in [3.05, 3.63) is 42.4 Å². The van der Waals surface area contributed by atoms with E-state index in [1.54, 1.807) is 12.4 Å². The molecule has 144 valence electrons. The van der Waals surface area contributed by atoms with Gasteiger partial charge in [-0.25, -0.2) is 9.50 Å². The summed E-state index contributed by atoms with van der Waals surface area (Å²) in [5.41, 5.74) is 4.12. The molecule has 6 nitrogen and oxygen atoms in total. The summed E-state index contributed by atoms with van der Waals surface area (Å²) in [5.74, 6) is 2.56. The monoisotopic (exact) mass is 375 g/mol. The molecule has 4 saturated carbocycles. The van der Waals surface area contributed by atoms with Crippen molar-refractivity contribution in [2.75, 3.05) is 5.32 Å². The lowest BCUT2D eigenvalue weighted by Crippen LogP contribution is -2.60. The van der Waals surface area contributed by atoms with E-state index >= 15 is 0 Å². The predicted octanol–water partition coefficient (Wildman–Crippen LogP) is 3.45. The minimum absolute atomic E-state index is 0.0836. The number of rotatable bonds is 3. The van der Waals surface area contributed by atoms with Gasteiger partial charge in [0.15, 0.2) is 5.65 Å². The number of aliphatic hydroxyl groups is 1. The van der Waals surface area contributed by atoms with Gasteiger partial charge in [-0.05, 0) is 80.5 Å². The van der Waals surface area contributed by atoms with Gasteiger partial charge in [0.1, 0.15) is 5.82 Å². The molecule has 3 heterocycles. The Morgan fingerprint density at radius 1 is 1.14 bits per heavy atom. The van der Waals surface area contributed by atoms with Gasteiger partial charge in [0.25, 0.3) is 0 Å². The Labute approximate surface area is 164 Å². The number of aryl methyl sites for hydroxylation is 1. The molecule has 4 bridgehead atoms. The van der Waals surface area contributed by atoms with Crippen LogP contribution in [-0.2, 0) is 0 Å². The Kier molecular flexibility index (Phi) is 3.39. The van der Waals surface area contributed by atoms with E-state index in [4.69, 9.17) is 5.10 Å². The molecular formula is C22H25N5O. The number of aromatic nitrogens is 4. The molecule has 3 aromatic rings. The third kappa shape index (κ3) is 2.40. The number of nitrogens with one attached hydrogen (secondary N) is 1. The van der Waals surface area contributed by atoms with Gasteiger partial charge in [-0.2, -0.15) is 0 Å². The second kappa shape index (κ2) is 5.77. The summed E-state index contributed by atoms with van der Waals surface area (Å²) in [4.78, 5) is 8.71. The molecule has 2 unspecified atom stereocenters. The first-order chi connectivity index (χ1) is 13.6. The predicted molar refractivity (Wildman–Crippen MR) is 107 cm³/mol. The van der Waals surface area contributed by atoms with Crippen molar-refractivity contribution in [1.29, 1.82) is 0 Å². The summed E-state index contributed by atoms with van der Waals surface area (Å²) in [7, 11) is 0. The zero-order valence-electron chi connectivity index (χ0n) is 16.0. The van der Waals surface area contributed by atoms with Crippen LogP contribution in [0, 0.1) is 24.7 Å². The normalized spacial score (nSPS) is 33.5. The van der Waals surface area contributed by atoms with E-state index in [1.807, 2.05) is 22.8 Å². The van der Waals surface area contributed by atoms with Crippen molar-refractivity contribution in [2.24, 2.45) is 17.8 Å². The zero-order valence-corrected chi connectivity index (χ0v) is 16.0. The fourth-order valence-electron chi connectivity index (χ4n) is 6.32. The summed E-state index contributed by atoms with van der Waals surface area (Å²) >= 11 is 0. The minimum Gasteiger partial charge on any atom is -0.393 e. The molecule has 7 rings (SSSR count). The lowest BCUT2D eigenvalue weighted by atomic mass is 9.52. The van der Waals surface area contributed by atoms with Crippen LogP contribution < -0.4 is 5.32 Å². The molecule has 2 atom stereocenters. The summed E-state index contributed by atoms with van der Waals surface area (Å²) in [5, 5.41) is 19.3. The van der Waals surface area contributed by atoms with Gasteiger partial charge >= 0.3 is 0 Å². The molecule has 6 heteroatoms. The first kappa shape index (κ1) is 16.5. The first-order valence-electron chi connectivity index (χ1n) is 10.3. The standard InChI is InChI=1S/C22H25N5O/c1-13-6-19(25-22-9-14-7-16(10-22)20(28)17(8-14)11-22)26-27-18(12-24-21(13)27)15-2-4-23-5-3-15/h2-6,12,14,16-17,20,28H,7-11H2,1H3,(H,25,26). The fourth-order valence-corrected chi connectivity index (χ4v) is 6.32. The van der Waals surface area contributed by atoms with Crippen LogP contribution in [0.1, 0.15) is 37.7 Å². The maximum absolute atomic E-state index is 10.6. The Morgan fingerprint density at radius 2 is 1.89 bits per heavy atom. The summed E-state index contributed by atoms with van der Waals surface area (Å²) in [6.07, 6.45) is 11.1. The van der Waals surface area contributed by atoms with E-state index in [9.17, 15) is 5.11 Å². The van der Waals surface area contributed by atoms with Gasteiger partial charge in [-0.15, -0.1) is 5.10 Å². The van der Waals surface area contributed by atoms with E-state index in [1.165, 1.54) is 19.3 Å². The van der Waals surface area contributed by atoms with Crippen LogP contribution in [0.2, 0.25) is 0 Å². The maximum atomic E-state index is 10.6. The van der Waals surface area contributed by atoms with Crippen LogP contribution in [0.15, 0.2) is 36.8 Å². The number of hydrogen-bond acceptors (Lipinski definition) is 5. The first-order valence-corrected chi connectivity index (χ1v) is 10.3. The van der Waals surface area contributed by atoms with Crippen molar-refractivity contribution >= 4 is 11.5 Å². The largest absolute Gasteiger partial charge is 0.393 e. The van der Waals surface area contributed by atoms with E-state index in [2.05, 4.69) is 28.3 Å². The number of pyridine rings is 1. The van der Waals surface area contributed by atoms with Crippen molar-refractivity contribution in [3.8, 4) is 11.3 Å². The maximum Gasteiger partial charge on any atom is 0.157 e. The zero-order chi connectivity index (χ0) is 18.9. The van der Waals surface area contributed by atoms with Crippen molar-refractivity contribution in [1.82, 2.24) is 19.6 Å². The molecule has 0 spiro atoms. The van der Waals surface area contributed by atoms with Gasteiger partial charge in [0.2, 0.25) is 0 Å². The quantitative estimate of drug-likeness (QED) is 0.733. The summed E-state index contributed by atoms with van der Waals surface area (Å²) in [6.45, 7) is 2.09. The van der Waals surface area contributed by atoms with Crippen molar-refractivity contribution in [2.45, 2.75) is 50.7 Å². The second-order valence-corrected chi connectivity index (χ2v) is 9.19. The third-order valence-corrected chi connectivity index (χ3v) is 7.24. The number of hydrogen-bond donors (Lipinski definition) is 2. The Balaban J connectivity index is 1.39. The lowest BCUT2D eigenvalue weighted by Gasteiger charge is -2.59. The molecule has 4 aliphatic rings. The highest BCUT2D eigenvalue weighted by molar-refractivity contribution is 5.65. The molecule has 3 aromatic heterocycles. The molecule has 0 radical (unpaired) electrons. The molecule has 28 heavy (non-hydrogen) atoms. The SMILES string of the molecule is Cc1cc(NC23CC4CC(C2)C(O)C(C4)C3)nn2c(-c3ccncc3)cnc12. The lowest BCUT2D eigenvalue weighted by molar-refractivity contribution is -0.0961. The van der Waals surface area contributed by atoms with Crippen molar-refractivity contribution < 1.29 is 5.11 Å². The Hall–Kier alpha value is -2.47. The highest BCUT2D eigenvalue weighted by Crippen LogP contribution is 2.56. The van der Waals surface area contributed by atoms with Gasteiger partial charge in [0.05, 0.1) is 18.0 Å². The van der Waals surface area contributed by atoms with Crippen molar-refractivity contribution in [3.63, 3.8) is 0 Å². The molecule has 0 aromatic carbocycles. The average molecular weight is 375 g/mol. The van der Waals surface area contributed by atoms with Gasteiger partial charge in [0, 0.05) is 23.5 Å². The number of anilines is 1. The van der Waals surface area contributed by atoms with Crippen LogP contribution in [0.5, 0.6) is 0 Å². The highest BCUT2D eigenvalue weighted by atomic mass is 16.3. The molecule has 0 saturated heterocycles. The van der Waals surface area contributed by atoms with Crippen LogP contribution in [0.25, 0.3) is 16.9 Å². The van der Waals surface area contributed by atoms with E-state index in [0.29, 0.717) is 11.8 Å². The Morgan fingerprint density at radius 3 is 2.64 bits per heavy atom. The minimum atomic E-state index is -0.101. The molecule has 4 aliphatic carbocycles.